The van der Waals surface area contributed by atoms with Gasteiger partial charge in [0.2, 0.25) is 5.91 Å². The van der Waals surface area contributed by atoms with Gasteiger partial charge in [-0.2, -0.15) is 0 Å². The van der Waals surface area contributed by atoms with Crippen LogP contribution in [0.5, 0.6) is 0 Å². The van der Waals surface area contributed by atoms with Crippen LogP contribution in [0.3, 0.4) is 0 Å². The highest BCUT2D eigenvalue weighted by atomic mass is 16.2. The summed E-state index contributed by atoms with van der Waals surface area (Å²) in [5.41, 5.74) is 3.32. The van der Waals surface area contributed by atoms with Crippen LogP contribution in [0.15, 0.2) is 42.6 Å². The number of carbonyl (C=O) groups is 1. The van der Waals surface area contributed by atoms with E-state index in [0.717, 1.165) is 34.8 Å². The van der Waals surface area contributed by atoms with Gasteiger partial charge in [-0.3, -0.25) is 9.69 Å². The van der Waals surface area contributed by atoms with Crippen LogP contribution in [0.1, 0.15) is 56.2 Å². The van der Waals surface area contributed by atoms with Crippen molar-refractivity contribution in [2.45, 2.75) is 46.0 Å². The van der Waals surface area contributed by atoms with Crippen molar-refractivity contribution in [1.29, 1.82) is 0 Å². The highest BCUT2D eigenvalue weighted by Crippen LogP contribution is 2.50. The number of hydrogen-bond acceptors (Lipinski definition) is 5. The Balaban J connectivity index is 1.53. The van der Waals surface area contributed by atoms with Gasteiger partial charge in [-0.15, -0.1) is 0 Å². The summed E-state index contributed by atoms with van der Waals surface area (Å²) in [4.78, 5) is 32.7. The first kappa shape index (κ1) is 17.2. The van der Waals surface area contributed by atoms with Crippen LogP contribution >= 0.6 is 0 Å². The highest BCUT2D eigenvalue weighted by Gasteiger charge is 2.51. The molecule has 5 rings (SSSR count). The number of carbonyl (C=O) groups excluding carboxylic acids is 1. The number of fused-ring (bicyclic) bond motifs is 1. The molecule has 3 aliphatic rings. The number of rotatable bonds is 3. The summed E-state index contributed by atoms with van der Waals surface area (Å²) in [6.07, 6.45) is 14.8. The molecule has 0 bridgehead atoms. The van der Waals surface area contributed by atoms with E-state index in [1.807, 2.05) is 33.2 Å². The maximum atomic E-state index is 13.2. The first-order valence-electron chi connectivity index (χ1n) is 9.82. The molecular weight excluding hydrogens is 350 g/mol. The largest absolute Gasteiger partial charge is 0.281 e. The van der Waals surface area contributed by atoms with Gasteiger partial charge in [-0.05, 0) is 37.8 Å². The lowest BCUT2D eigenvalue weighted by Gasteiger charge is -2.26. The third-order valence-corrected chi connectivity index (χ3v) is 6.09. The third-order valence-electron chi connectivity index (χ3n) is 6.09. The number of aryl methyl sites for hydroxylation is 1. The zero-order valence-corrected chi connectivity index (χ0v) is 16.4. The second kappa shape index (κ2) is 6.06. The van der Waals surface area contributed by atoms with E-state index >= 15 is 0 Å². The highest BCUT2D eigenvalue weighted by molar-refractivity contribution is 6.04. The van der Waals surface area contributed by atoms with Gasteiger partial charge in [-0.25, -0.2) is 19.9 Å². The molecule has 2 fully saturated rings. The summed E-state index contributed by atoms with van der Waals surface area (Å²) in [5.74, 6) is 2.41. The fraction of sp³-hybridized carbons (Fsp3) is 0.409. The van der Waals surface area contributed by atoms with Crippen LogP contribution < -0.4 is 4.90 Å². The molecule has 0 spiro atoms. The molecule has 0 N–H and O–H groups in total. The molecule has 6 nitrogen and oxygen atoms in total. The lowest BCUT2D eigenvalue weighted by atomic mass is 9.75. The standard InChI is InChI=1S/C22H23N5O/c1-13-23-11-17(12-24-13)27-19-8-15(6-7-18(19)22(2,3)21(27)28)16-9-25-20(26-10-16)14-4-5-14/h6,8-12,14,18H,4-5,7H2,1-3H3. The van der Waals surface area contributed by atoms with Crippen molar-refractivity contribution in [3.05, 3.63) is 59.8 Å². The van der Waals surface area contributed by atoms with Gasteiger partial charge in [0.05, 0.1) is 23.5 Å². The Morgan fingerprint density at radius 1 is 1.04 bits per heavy atom. The average Bonchev–Trinajstić information content (AvgIpc) is 3.52. The van der Waals surface area contributed by atoms with E-state index in [0.29, 0.717) is 11.7 Å². The first-order valence-corrected chi connectivity index (χ1v) is 9.82. The number of anilines is 1. The molecule has 1 amide bonds. The molecule has 142 valence electrons. The van der Waals surface area contributed by atoms with Gasteiger partial charge in [-0.1, -0.05) is 19.9 Å². The first-order chi connectivity index (χ1) is 13.4. The SMILES string of the molecule is Cc1ncc(N2C(=O)C(C)(C)C3CC=C(c4cnc(C5CC5)nc4)C=C32)cn1. The molecule has 0 radical (unpaired) electrons. The van der Waals surface area contributed by atoms with E-state index in [-0.39, 0.29) is 11.8 Å². The summed E-state index contributed by atoms with van der Waals surface area (Å²) in [7, 11) is 0. The fourth-order valence-corrected chi connectivity index (χ4v) is 4.13. The summed E-state index contributed by atoms with van der Waals surface area (Å²) in [6, 6.07) is 0. The predicted octanol–water partition coefficient (Wildman–Crippen LogP) is 3.81. The fourth-order valence-electron chi connectivity index (χ4n) is 4.13. The maximum absolute atomic E-state index is 13.2. The van der Waals surface area contributed by atoms with Crippen LogP contribution in [0.4, 0.5) is 5.69 Å². The summed E-state index contributed by atoms with van der Waals surface area (Å²) >= 11 is 0. The van der Waals surface area contributed by atoms with Crippen molar-refractivity contribution in [2.75, 3.05) is 4.90 Å². The topological polar surface area (TPSA) is 71.9 Å². The molecule has 0 aromatic carbocycles. The van der Waals surface area contributed by atoms with Gasteiger partial charge in [0.1, 0.15) is 11.6 Å². The molecule has 2 aliphatic carbocycles. The van der Waals surface area contributed by atoms with E-state index in [1.165, 1.54) is 12.8 Å². The van der Waals surface area contributed by atoms with Crippen molar-refractivity contribution in [3.63, 3.8) is 0 Å². The molecule has 2 aromatic heterocycles. The van der Waals surface area contributed by atoms with Crippen molar-refractivity contribution in [2.24, 2.45) is 11.3 Å². The Kier molecular flexibility index (Phi) is 3.73. The molecule has 2 aromatic rings. The van der Waals surface area contributed by atoms with E-state index in [4.69, 9.17) is 0 Å². The Labute approximate surface area is 164 Å². The van der Waals surface area contributed by atoms with Crippen LogP contribution in [-0.4, -0.2) is 25.8 Å². The van der Waals surface area contributed by atoms with Crippen LogP contribution in [0.25, 0.3) is 5.57 Å². The van der Waals surface area contributed by atoms with Gasteiger partial charge in [0, 0.05) is 35.5 Å². The van der Waals surface area contributed by atoms with E-state index < -0.39 is 5.41 Å². The number of aromatic nitrogens is 4. The minimum Gasteiger partial charge on any atom is -0.281 e. The third kappa shape index (κ3) is 2.66. The van der Waals surface area contributed by atoms with Gasteiger partial charge < -0.3 is 0 Å². The van der Waals surface area contributed by atoms with E-state index in [9.17, 15) is 4.79 Å². The Morgan fingerprint density at radius 2 is 1.71 bits per heavy atom. The molecule has 1 saturated carbocycles. The molecule has 1 unspecified atom stereocenters. The lowest BCUT2D eigenvalue weighted by molar-refractivity contribution is -0.125. The van der Waals surface area contributed by atoms with Crippen molar-refractivity contribution in [1.82, 2.24) is 19.9 Å². The maximum Gasteiger partial charge on any atom is 0.237 e. The summed E-state index contributed by atoms with van der Waals surface area (Å²) in [5, 5.41) is 0. The molecule has 1 atom stereocenters. The van der Waals surface area contributed by atoms with Crippen LogP contribution in [0.2, 0.25) is 0 Å². The van der Waals surface area contributed by atoms with Gasteiger partial charge >= 0.3 is 0 Å². The molecule has 1 aliphatic heterocycles. The monoisotopic (exact) mass is 373 g/mol. The Hall–Kier alpha value is -2.89. The molecule has 3 heterocycles. The zero-order chi connectivity index (χ0) is 19.5. The minimum atomic E-state index is -0.467. The summed E-state index contributed by atoms with van der Waals surface area (Å²) < 4.78 is 0. The summed E-state index contributed by atoms with van der Waals surface area (Å²) in [6.45, 7) is 5.89. The second-order valence-corrected chi connectivity index (χ2v) is 8.47. The van der Waals surface area contributed by atoms with E-state index in [2.05, 4.69) is 32.1 Å². The predicted molar refractivity (Wildman–Crippen MR) is 106 cm³/mol. The van der Waals surface area contributed by atoms with Crippen molar-refractivity contribution < 1.29 is 4.79 Å². The Morgan fingerprint density at radius 3 is 2.36 bits per heavy atom. The quantitative estimate of drug-likeness (QED) is 0.818. The van der Waals surface area contributed by atoms with Crippen molar-refractivity contribution in [3.8, 4) is 0 Å². The molecule has 6 heteroatoms. The number of amides is 1. The second-order valence-electron chi connectivity index (χ2n) is 8.47. The number of nitrogens with zero attached hydrogens (tertiary/aromatic N) is 5. The smallest absolute Gasteiger partial charge is 0.237 e. The number of hydrogen-bond donors (Lipinski definition) is 0. The zero-order valence-electron chi connectivity index (χ0n) is 16.4. The minimum absolute atomic E-state index is 0.0891. The average molecular weight is 373 g/mol. The molecule has 1 saturated heterocycles. The van der Waals surface area contributed by atoms with Crippen LogP contribution in [0, 0.1) is 18.3 Å². The van der Waals surface area contributed by atoms with Gasteiger partial charge in [0.15, 0.2) is 0 Å². The van der Waals surface area contributed by atoms with Crippen LogP contribution in [-0.2, 0) is 4.79 Å². The molecular formula is C22H23N5O. The lowest BCUT2D eigenvalue weighted by Crippen LogP contribution is -2.31. The van der Waals surface area contributed by atoms with E-state index in [1.54, 1.807) is 17.3 Å². The van der Waals surface area contributed by atoms with Gasteiger partial charge in [0.25, 0.3) is 0 Å². The normalized spacial score (nSPS) is 23.3. The number of allylic oxidation sites excluding steroid dienone is 4. The molecule has 28 heavy (non-hydrogen) atoms. The van der Waals surface area contributed by atoms with Crippen molar-refractivity contribution >= 4 is 17.2 Å². The Bertz CT molecular complexity index is 1000.